The van der Waals surface area contributed by atoms with Gasteiger partial charge in [0.1, 0.15) is 0 Å². The Bertz CT molecular complexity index is 1130. The van der Waals surface area contributed by atoms with Crippen LogP contribution in [0.4, 0.5) is 17.1 Å². The number of benzene rings is 3. The summed E-state index contributed by atoms with van der Waals surface area (Å²) in [6.45, 7) is 0. The summed E-state index contributed by atoms with van der Waals surface area (Å²) in [5.74, 6) is -1.22. The number of carbonyl (C=O) groups excluding carboxylic acids is 2. The lowest BCUT2D eigenvalue weighted by atomic mass is 10.2. The van der Waals surface area contributed by atoms with Crippen molar-refractivity contribution in [3.63, 3.8) is 0 Å². The van der Waals surface area contributed by atoms with Gasteiger partial charge in [-0.05, 0) is 65.1 Å². The summed E-state index contributed by atoms with van der Waals surface area (Å²) in [5, 5.41) is 18.4. The van der Waals surface area contributed by atoms with Crippen molar-refractivity contribution in [3.8, 4) is 0 Å². The number of nitro benzene ring substituents is 1. The molecule has 0 aliphatic heterocycles. The summed E-state index contributed by atoms with van der Waals surface area (Å²) in [4.78, 5) is 39.2. The van der Waals surface area contributed by atoms with Gasteiger partial charge in [-0.2, -0.15) is 0 Å². The van der Waals surface area contributed by atoms with E-state index in [4.69, 9.17) is 4.84 Å². The molecule has 0 fully saturated rings. The third kappa shape index (κ3) is 5.44. The molecule has 3 aromatic carbocycles. The standard InChI is InChI=1S/C20H13IN4O5/c21-18-7-2-1-6-17(18)19(26)23-22-14-8-10-15(11-9-14)24-30-20(27)13-4-3-5-16(12-13)25(28)29/h1-12,24H. The molecule has 3 aromatic rings. The first-order chi connectivity index (χ1) is 14.4. The minimum absolute atomic E-state index is 0.0381. The van der Waals surface area contributed by atoms with Gasteiger partial charge in [0, 0.05) is 15.7 Å². The number of nitrogens with one attached hydrogen (secondary N) is 1. The van der Waals surface area contributed by atoms with Crippen molar-refractivity contribution in [2.24, 2.45) is 10.2 Å². The van der Waals surface area contributed by atoms with Crippen LogP contribution in [0, 0.1) is 13.7 Å². The maximum atomic E-state index is 12.1. The van der Waals surface area contributed by atoms with Crippen LogP contribution in [0.3, 0.4) is 0 Å². The molecule has 30 heavy (non-hydrogen) atoms. The number of hydrogen-bond acceptors (Lipinski definition) is 7. The fourth-order valence-corrected chi connectivity index (χ4v) is 2.92. The molecular weight excluding hydrogens is 503 g/mol. The van der Waals surface area contributed by atoms with Gasteiger partial charge in [0.25, 0.3) is 11.6 Å². The summed E-state index contributed by atoms with van der Waals surface area (Å²) in [7, 11) is 0. The fraction of sp³-hybridized carbons (Fsp3) is 0. The highest BCUT2D eigenvalue weighted by Crippen LogP contribution is 2.19. The number of halogens is 1. The molecule has 0 aliphatic rings. The van der Waals surface area contributed by atoms with E-state index in [2.05, 4.69) is 38.3 Å². The summed E-state index contributed by atoms with van der Waals surface area (Å²) >= 11 is 2.05. The summed E-state index contributed by atoms with van der Waals surface area (Å²) in [6, 6.07) is 18.6. The van der Waals surface area contributed by atoms with Gasteiger partial charge in [-0.15, -0.1) is 10.2 Å². The van der Waals surface area contributed by atoms with Crippen molar-refractivity contribution >= 4 is 51.5 Å². The van der Waals surface area contributed by atoms with Crippen LogP contribution in [0.15, 0.2) is 83.0 Å². The number of rotatable bonds is 6. The molecule has 0 saturated heterocycles. The van der Waals surface area contributed by atoms with Crippen LogP contribution in [0.1, 0.15) is 20.7 Å². The topological polar surface area (TPSA) is 123 Å². The first-order valence-electron chi connectivity index (χ1n) is 8.46. The van der Waals surface area contributed by atoms with Crippen molar-refractivity contribution in [2.45, 2.75) is 0 Å². The van der Waals surface area contributed by atoms with Crippen molar-refractivity contribution in [1.29, 1.82) is 0 Å². The Hall–Kier alpha value is -3.67. The Morgan fingerprint density at radius 1 is 1.00 bits per heavy atom. The number of anilines is 1. The zero-order valence-corrected chi connectivity index (χ0v) is 17.3. The second-order valence-corrected chi connectivity index (χ2v) is 6.99. The third-order valence-corrected chi connectivity index (χ3v) is 4.72. The van der Waals surface area contributed by atoms with Gasteiger partial charge >= 0.3 is 5.97 Å². The van der Waals surface area contributed by atoms with E-state index in [0.29, 0.717) is 16.9 Å². The zero-order valence-electron chi connectivity index (χ0n) is 15.2. The molecule has 0 bridgehead atoms. The van der Waals surface area contributed by atoms with Crippen LogP contribution in [0.2, 0.25) is 0 Å². The molecule has 0 unspecified atom stereocenters. The Labute approximate surface area is 184 Å². The first-order valence-corrected chi connectivity index (χ1v) is 9.54. The Balaban J connectivity index is 1.59. The predicted molar refractivity (Wildman–Crippen MR) is 117 cm³/mol. The van der Waals surface area contributed by atoms with E-state index in [1.54, 1.807) is 42.5 Å². The average molecular weight is 516 g/mol. The Kier molecular flexibility index (Phi) is 6.80. The second-order valence-electron chi connectivity index (χ2n) is 5.83. The maximum Gasteiger partial charge on any atom is 0.363 e. The molecule has 10 heteroatoms. The monoisotopic (exact) mass is 516 g/mol. The molecule has 0 aliphatic carbocycles. The van der Waals surface area contributed by atoms with E-state index in [1.165, 1.54) is 18.2 Å². The quantitative estimate of drug-likeness (QED) is 0.205. The van der Waals surface area contributed by atoms with Gasteiger partial charge in [0.15, 0.2) is 0 Å². The van der Waals surface area contributed by atoms with Gasteiger partial charge in [0.05, 0.1) is 27.4 Å². The van der Waals surface area contributed by atoms with Crippen molar-refractivity contribution < 1.29 is 19.3 Å². The number of hydrogen-bond donors (Lipinski definition) is 1. The highest BCUT2D eigenvalue weighted by molar-refractivity contribution is 14.1. The lowest BCUT2D eigenvalue weighted by Gasteiger charge is -2.06. The van der Waals surface area contributed by atoms with E-state index in [9.17, 15) is 19.7 Å². The highest BCUT2D eigenvalue weighted by atomic mass is 127. The molecule has 0 saturated carbocycles. The fourth-order valence-electron chi connectivity index (χ4n) is 2.30. The van der Waals surface area contributed by atoms with Gasteiger partial charge in [-0.1, -0.05) is 18.2 Å². The summed E-state index contributed by atoms with van der Waals surface area (Å²) in [6.07, 6.45) is 0. The number of nitrogens with zero attached hydrogens (tertiary/aromatic N) is 3. The minimum Gasteiger partial charge on any atom is -0.338 e. The number of azo groups is 1. The Morgan fingerprint density at radius 2 is 1.73 bits per heavy atom. The van der Waals surface area contributed by atoms with E-state index >= 15 is 0 Å². The van der Waals surface area contributed by atoms with Gasteiger partial charge < -0.3 is 4.84 Å². The van der Waals surface area contributed by atoms with E-state index in [1.807, 2.05) is 6.07 Å². The van der Waals surface area contributed by atoms with E-state index < -0.39 is 16.8 Å². The molecule has 1 N–H and O–H groups in total. The molecule has 0 atom stereocenters. The van der Waals surface area contributed by atoms with Gasteiger partial charge in [-0.3, -0.25) is 14.9 Å². The van der Waals surface area contributed by atoms with E-state index in [0.717, 1.165) is 9.64 Å². The lowest BCUT2D eigenvalue weighted by molar-refractivity contribution is -0.384. The predicted octanol–water partition coefficient (Wildman–Crippen LogP) is 5.31. The maximum absolute atomic E-state index is 12.1. The molecule has 1 amide bonds. The number of non-ortho nitro benzene ring substituents is 1. The van der Waals surface area contributed by atoms with Crippen LogP contribution < -0.4 is 5.48 Å². The van der Waals surface area contributed by atoms with Crippen LogP contribution in [-0.4, -0.2) is 16.8 Å². The smallest absolute Gasteiger partial charge is 0.338 e. The number of nitro groups is 1. The zero-order chi connectivity index (χ0) is 21.5. The molecule has 0 radical (unpaired) electrons. The highest BCUT2D eigenvalue weighted by Gasteiger charge is 2.13. The van der Waals surface area contributed by atoms with E-state index in [-0.39, 0.29) is 11.3 Å². The number of carbonyl (C=O) groups is 2. The molecular formula is C20H13IN4O5. The number of amides is 1. The molecule has 0 aromatic heterocycles. The van der Waals surface area contributed by atoms with Crippen molar-refractivity contribution in [3.05, 3.63) is 97.6 Å². The van der Waals surface area contributed by atoms with Crippen molar-refractivity contribution in [2.75, 3.05) is 5.48 Å². The molecule has 0 heterocycles. The van der Waals surface area contributed by atoms with Crippen LogP contribution in [0.5, 0.6) is 0 Å². The van der Waals surface area contributed by atoms with Crippen LogP contribution >= 0.6 is 22.6 Å². The minimum atomic E-state index is -0.773. The van der Waals surface area contributed by atoms with Crippen LogP contribution in [-0.2, 0) is 4.84 Å². The molecule has 150 valence electrons. The lowest BCUT2D eigenvalue weighted by Crippen LogP contribution is -2.10. The van der Waals surface area contributed by atoms with Crippen molar-refractivity contribution in [1.82, 2.24) is 0 Å². The molecule has 3 rings (SSSR count). The van der Waals surface area contributed by atoms with Gasteiger partial charge in [0.2, 0.25) is 0 Å². The van der Waals surface area contributed by atoms with Gasteiger partial charge in [-0.25, -0.2) is 10.3 Å². The molecule has 0 spiro atoms. The SMILES string of the molecule is O=C(ONc1ccc(N=NC(=O)c2ccccc2I)cc1)c1cccc([N+](=O)[O-])c1. The Morgan fingerprint density at radius 3 is 2.43 bits per heavy atom. The normalized spacial score (nSPS) is 10.6. The third-order valence-electron chi connectivity index (χ3n) is 3.78. The average Bonchev–Trinajstić information content (AvgIpc) is 2.77. The first kappa shape index (κ1) is 21.0. The largest absolute Gasteiger partial charge is 0.363 e. The van der Waals surface area contributed by atoms with Crippen LogP contribution in [0.25, 0.3) is 0 Å². The second kappa shape index (κ2) is 9.69. The summed E-state index contributed by atoms with van der Waals surface area (Å²) < 4.78 is 0.782. The summed E-state index contributed by atoms with van der Waals surface area (Å²) in [5.41, 5.74) is 3.63. The molecule has 9 nitrogen and oxygen atoms in total.